The van der Waals surface area contributed by atoms with Crippen molar-refractivity contribution in [3.63, 3.8) is 0 Å². The van der Waals surface area contributed by atoms with Crippen LogP contribution in [-0.4, -0.2) is 20.6 Å². The van der Waals surface area contributed by atoms with Gasteiger partial charge in [-0.05, 0) is 36.6 Å². The minimum absolute atomic E-state index is 0.114. The first-order valence-corrected chi connectivity index (χ1v) is 10.1. The topological polar surface area (TPSA) is 51.3 Å². The molecule has 1 aromatic carbocycles. The first-order chi connectivity index (χ1) is 13.9. The van der Waals surface area contributed by atoms with Crippen LogP contribution in [0.5, 0.6) is 0 Å². The van der Waals surface area contributed by atoms with Crippen molar-refractivity contribution in [1.29, 1.82) is 0 Å². The van der Waals surface area contributed by atoms with Gasteiger partial charge >= 0.3 is 0 Å². The summed E-state index contributed by atoms with van der Waals surface area (Å²) < 4.78 is 7.23. The van der Waals surface area contributed by atoms with E-state index in [-0.39, 0.29) is 5.91 Å². The minimum atomic E-state index is -0.114. The van der Waals surface area contributed by atoms with Gasteiger partial charge in [-0.25, -0.2) is 0 Å². The fourth-order valence-corrected chi connectivity index (χ4v) is 3.40. The van der Waals surface area contributed by atoms with Crippen molar-refractivity contribution in [3.8, 4) is 0 Å². The predicted molar refractivity (Wildman–Crippen MR) is 115 cm³/mol. The fourth-order valence-electron chi connectivity index (χ4n) is 3.09. The predicted octanol–water partition coefficient (Wildman–Crippen LogP) is 5.34. The number of hydrogen-bond donors (Lipinski definition) is 0. The van der Waals surface area contributed by atoms with Crippen LogP contribution < -0.4 is 0 Å². The third kappa shape index (κ3) is 5.61. The molecule has 0 spiro atoms. The Morgan fingerprint density at radius 1 is 1.21 bits per heavy atom. The molecule has 0 fully saturated rings. The molecule has 3 rings (SSSR count). The molecule has 0 unspecified atom stereocenters. The SMILES string of the molecule is Cc1nn(CC(C)C)c(Cl)c1/C=C/C(=O)N(Cc1ccccc1)Cc1ccco1. The van der Waals surface area contributed by atoms with E-state index < -0.39 is 0 Å². The summed E-state index contributed by atoms with van der Waals surface area (Å²) in [7, 11) is 0. The third-order valence-corrected chi connectivity index (χ3v) is 4.89. The van der Waals surface area contributed by atoms with Crippen LogP contribution in [0.1, 0.15) is 36.4 Å². The summed E-state index contributed by atoms with van der Waals surface area (Å²) in [5.74, 6) is 1.05. The number of carbonyl (C=O) groups is 1. The van der Waals surface area contributed by atoms with Gasteiger partial charge in [-0.1, -0.05) is 55.8 Å². The zero-order valence-corrected chi connectivity index (χ0v) is 17.8. The van der Waals surface area contributed by atoms with Gasteiger partial charge in [0.2, 0.25) is 5.91 Å². The molecule has 0 radical (unpaired) electrons. The number of nitrogens with zero attached hydrogens (tertiary/aromatic N) is 3. The molecule has 5 nitrogen and oxygen atoms in total. The van der Waals surface area contributed by atoms with Gasteiger partial charge in [-0.15, -0.1) is 0 Å². The Kier molecular flexibility index (Phi) is 6.94. The van der Waals surface area contributed by atoms with E-state index in [4.69, 9.17) is 16.0 Å². The van der Waals surface area contributed by atoms with Crippen molar-refractivity contribution in [2.45, 2.75) is 40.4 Å². The Balaban J connectivity index is 1.79. The minimum Gasteiger partial charge on any atom is -0.467 e. The van der Waals surface area contributed by atoms with Gasteiger partial charge in [-0.2, -0.15) is 5.10 Å². The van der Waals surface area contributed by atoms with Gasteiger partial charge in [0.05, 0.1) is 18.5 Å². The first kappa shape index (κ1) is 20.9. The molecular weight excluding hydrogens is 386 g/mol. The smallest absolute Gasteiger partial charge is 0.247 e. The van der Waals surface area contributed by atoms with Crippen LogP contribution >= 0.6 is 11.6 Å². The van der Waals surface area contributed by atoms with Crippen LogP contribution in [-0.2, 0) is 24.4 Å². The second-order valence-electron chi connectivity index (χ2n) is 7.46. The van der Waals surface area contributed by atoms with Crippen LogP contribution in [0.4, 0.5) is 0 Å². The number of rotatable bonds is 8. The largest absolute Gasteiger partial charge is 0.467 e. The molecule has 0 aliphatic rings. The lowest BCUT2D eigenvalue weighted by Crippen LogP contribution is -2.28. The highest BCUT2D eigenvalue weighted by molar-refractivity contribution is 6.31. The van der Waals surface area contributed by atoms with E-state index in [2.05, 4.69) is 18.9 Å². The molecule has 152 valence electrons. The summed E-state index contributed by atoms with van der Waals surface area (Å²) in [6, 6.07) is 13.6. The lowest BCUT2D eigenvalue weighted by atomic mass is 10.2. The Hall–Kier alpha value is -2.79. The lowest BCUT2D eigenvalue weighted by Gasteiger charge is -2.20. The van der Waals surface area contributed by atoms with Gasteiger partial charge in [0.25, 0.3) is 0 Å². The summed E-state index contributed by atoms with van der Waals surface area (Å²) in [6.07, 6.45) is 4.92. The summed E-state index contributed by atoms with van der Waals surface area (Å²) >= 11 is 6.49. The van der Waals surface area contributed by atoms with Crippen LogP contribution in [0.3, 0.4) is 0 Å². The zero-order chi connectivity index (χ0) is 20.8. The molecule has 1 amide bonds. The third-order valence-electron chi connectivity index (χ3n) is 4.49. The first-order valence-electron chi connectivity index (χ1n) is 9.70. The molecule has 3 aromatic rings. The molecule has 0 N–H and O–H groups in total. The number of hydrogen-bond acceptors (Lipinski definition) is 3. The van der Waals surface area contributed by atoms with Gasteiger partial charge in [-0.3, -0.25) is 9.48 Å². The van der Waals surface area contributed by atoms with Gasteiger partial charge in [0.15, 0.2) is 0 Å². The van der Waals surface area contributed by atoms with Crippen molar-refractivity contribution in [2.24, 2.45) is 5.92 Å². The molecule has 0 aliphatic carbocycles. The van der Waals surface area contributed by atoms with Crippen molar-refractivity contribution in [1.82, 2.24) is 14.7 Å². The molecular formula is C23H26ClN3O2. The average Bonchev–Trinajstić information content (AvgIpc) is 3.28. The summed E-state index contributed by atoms with van der Waals surface area (Å²) in [4.78, 5) is 14.7. The number of carbonyl (C=O) groups excluding carboxylic acids is 1. The second-order valence-corrected chi connectivity index (χ2v) is 7.82. The zero-order valence-electron chi connectivity index (χ0n) is 17.0. The Labute approximate surface area is 176 Å². The molecule has 0 saturated heterocycles. The highest BCUT2D eigenvalue weighted by atomic mass is 35.5. The quantitative estimate of drug-likeness (QED) is 0.470. The molecule has 2 aromatic heterocycles. The van der Waals surface area contributed by atoms with E-state index in [9.17, 15) is 4.79 Å². The van der Waals surface area contributed by atoms with Crippen molar-refractivity contribution < 1.29 is 9.21 Å². The number of benzene rings is 1. The standard InChI is InChI=1S/C23H26ClN3O2/c1-17(2)14-27-23(24)21(18(3)25-27)11-12-22(28)26(16-20-10-7-13-29-20)15-19-8-5-4-6-9-19/h4-13,17H,14-16H2,1-3H3/b12-11+. The van der Waals surface area contributed by atoms with Gasteiger partial charge in [0, 0.05) is 24.7 Å². The number of aromatic nitrogens is 2. The van der Waals surface area contributed by atoms with Crippen LogP contribution in [0, 0.1) is 12.8 Å². The molecule has 6 heteroatoms. The van der Waals surface area contributed by atoms with E-state index >= 15 is 0 Å². The molecule has 0 aliphatic heterocycles. The molecule has 0 saturated carbocycles. The van der Waals surface area contributed by atoms with Gasteiger partial charge < -0.3 is 9.32 Å². The summed E-state index contributed by atoms with van der Waals surface area (Å²) in [6.45, 7) is 7.75. The van der Waals surface area contributed by atoms with E-state index in [1.807, 2.05) is 49.4 Å². The highest BCUT2D eigenvalue weighted by Crippen LogP contribution is 2.22. The maximum Gasteiger partial charge on any atom is 0.247 e. The number of halogens is 1. The van der Waals surface area contributed by atoms with Gasteiger partial charge in [0.1, 0.15) is 10.9 Å². The van der Waals surface area contributed by atoms with E-state index in [0.29, 0.717) is 24.2 Å². The van der Waals surface area contributed by atoms with Crippen molar-refractivity contribution in [2.75, 3.05) is 0 Å². The van der Waals surface area contributed by atoms with Crippen molar-refractivity contribution in [3.05, 3.63) is 82.5 Å². The highest BCUT2D eigenvalue weighted by Gasteiger charge is 2.16. The normalized spacial score (nSPS) is 11.5. The summed E-state index contributed by atoms with van der Waals surface area (Å²) in [5.41, 5.74) is 2.64. The van der Waals surface area contributed by atoms with E-state index in [0.717, 1.165) is 29.1 Å². The Bertz CT molecular complexity index is 960. The average molecular weight is 412 g/mol. The summed E-state index contributed by atoms with van der Waals surface area (Å²) in [5, 5.41) is 5.05. The van der Waals surface area contributed by atoms with Crippen LogP contribution in [0.25, 0.3) is 6.08 Å². The van der Waals surface area contributed by atoms with Crippen LogP contribution in [0.2, 0.25) is 5.15 Å². The van der Waals surface area contributed by atoms with E-state index in [1.54, 1.807) is 28.0 Å². The van der Waals surface area contributed by atoms with E-state index in [1.165, 1.54) is 0 Å². The number of aryl methyl sites for hydroxylation is 1. The second kappa shape index (κ2) is 9.61. The lowest BCUT2D eigenvalue weighted by molar-refractivity contribution is -0.127. The maximum absolute atomic E-state index is 13.0. The van der Waals surface area contributed by atoms with Crippen LogP contribution in [0.15, 0.2) is 59.2 Å². The Morgan fingerprint density at radius 3 is 2.62 bits per heavy atom. The fraction of sp³-hybridized carbons (Fsp3) is 0.304. The molecule has 29 heavy (non-hydrogen) atoms. The maximum atomic E-state index is 13.0. The van der Waals surface area contributed by atoms with Crippen molar-refractivity contribution >= 4 is 23.6 Å². The molecule has 0 atom stereocenters. The molecule has 0 bridgehead atoms. The number of furan rings is 1. The Morgan fingerprint density at radius 2 is 1.97 bits per heavy atom. The number of amides is 1. The molecule has 2 heterocycles. The monoisotopic (exact) mass is 411 g/mol.